The largest absolute Gasteiger partial charge is 0.468 e. The number of esters is 1. The summed E-state index contributed by atoms with van der Waals surface area (Å²) in [7, 11) is 5.17. The first-order valence-electron chi connectivity index (χ1n) is 6.82. The first-order valence-corrected chi connectivity index (χ1v) is 6.82. The van der Waals surface area contributed by atoms with Crippen LogP contribution in [-0.4, -0.2) is 62.9 Å². The van der Waals surface area contributed by atoms with Crippen LogP contribution < -0.4 is 5.32 Å². The van der Waals surface area contributed by atoms with Gasteiger partial charge in [0.2, 0.25) is 0 Å². The van der Waals surface area contributed by atoms with Crippen LogP contribution in [0.2, 0.25) is 0 Å². The summed E-state index contributed by atoms with van der Waals surface area (Å²) in [6, 6.07) is 0.553. The van der Waals surface area contributed by atoms with E-state index in [9.17, 15) is 4.79 Å². The average Bonchev–Trinajstić information content (AvgIpc) is 2.34. The number of nitrogens with one attached hydrogen (secondary N) is 1. The Bertz CT molecular complexity index is 271. The zero-order valence-corrected chi connectivity index (χ0v) is 13.4. The molecule has 114 valence electrons. The van der Waals surface area contributed by atoms with Gasteiger partial charge in [0.05, 0.1) is 13.7 Å². The fraction of sp³-hybridized carbons (Fsp3) is 0.929. The van der Waals surface area contributed by atoms with E-state index in [0.29, 0.717) is 19.1 Å². The molecule has 19 heavy (non-hydrogen) atoms. The van der Waals surface area contributed by atoms with Crippen molar-refractivity contribution in [3.8, 4) is 0 Å². The van der Waals surface area contributed by atoms with Crippen LogP contribution in [0, 0.1) is 0 Å². The number of rotatable bonds is 9. The van der Waals surface area contributed by atoms with E-state index in [1.54, 1.807) is 7.11 Å². The molecule has 0 heterocycles. The lowest BCUT2D eigenvalue weighted by Crippen LogP contribution is -2.54. The van der Waals surface area contributed by atoms with Gasteiger partial charge in [-0.3, -0.25) is 10.1 Å². The number of methoxy groups -OCH3 is 2. The fourth-order valence-corrected chi connectivity index (χ4v) is 2.08. The molecule has 0 bridgehead atoms. The second kappa shape index (κ2) is 8.51. The summed E-state index contributed by atoms with van der Waals surface area (Å²) in [5.74, 6) is -0.214. The van der Waals surface area contributed by atoms with E-state index < -0.39 is 5.54 Å². The Morgan fingerprint density at radius 3 is 2.32 bits per heavy atom. The molecule has 0 radical (unpaired) electrons. The molecule has 0 aliphatic rings. The van der Waals surface area contributed by atoms with Crippen LogP contribution in [0.25, 0.3) is 0 Å². The second-order valence-corrected chi connectivity index (χ2v) is 5.66. The number of hydrogen-bond donors (Lipinski definition) is 1. The van der Waals surface area contributed by atoms with Gasteiger partial charge in [-0.1, -0.05) is 0 Å². The van der Waals surface area contributed by atoms with E-state index in [-0.39, 0.29) is 12.0 Å². The lowest BCUT2D eigenvalue weighted by molar-refractivity contribution is -0.148. The highest BCUT2D eigenvalue weighted by Crippen LogP contribution is 2.14. The molecular formula is C14H30N2O3. The third kappa shape index (κ3) is 6.36. The van der Waals surface area contributed by atoms with E-state index in [4.69, 9.17) is 9.47 Å². The lowest BCUT2D eigenvalue weighted by atomic mass is 9.96. The van der Waals surface area contributed by atoms with Crippen molar-refractivity contribution >= 4 is 5.97 Å². The van der Waals surface area contributed by atoms with Crippen molar-refractivity contribution in [2.75, 3.05) is 34.4 Å². The minimum atomic E-state index is -0.649. The van der Waals surface area contributed by atoms with Crippen molar-refractivity contribution in [3.05, 3.63) is 0 Å². The van der Waals surface area contributed by atoms with Gasteiger partial charge in [-0.25, -0.2) is 0 Å². The van der Waals surface area contributed by atoms with Gasteiger partial charge in [0, 0.05) is 25.7 Å². The number of likely N-dealkylation sites (N-methyl/N-ethyl adjacent to an activating group) is 1. The number of ether oxygens (including phenoxy) is 2. The molecule has 0 spiro atoms. The second-order valence-electron chi connectivity index (χ2n) is 5.66. The molecule has 0 aromatic heterocycles. The number of nitrogens with zero attached hydrogens (tertiary/aromatic N) is 1. The van der Waals surface area contributed by atoms with Crippen molar-refractivity contribution in [1.29, 1.82) is 0 Å². The Kier molecular flexibility index (Phi) is 8.22. The fourth-order valence-electron chi connectivity index (χ4n) is 2.08. The highest BCUT2D eigenvalue weighted by atomic mass is 16.5. The van der Waals surface area contributed by atoms with Gasteiger partial charge in [0.15, 0.2) is 0 Å². The van der Waals surface area contributed by atoms with Gasteiger partial charge in [0.1, 0.15) is 5.54 Å². The molecule has 2 unspecified atom stereocenters. The van der Waals surface area contributed by atoms with Crippen molar-refractivity contribution in [3.63, 3.8) is 0 Å². The molecule has 5 heteroatoms. The highest BCUT2D eigenvalue weighted by Gasteiger charge is 2.34. The van der Waals surface area contributed by atoms with E-state index in [2.05, 4.69) is 17.1 Å². The Balaban J connectivity index is 4.53. The van der Waals surface area contributed by atoms with Gasteiger partial charge >= 0.3 is 5.97 Å². The van der Waals surface area contributed by atoms with Crippen molar-refractivity contribution in [2.24, 2.45) is 0 Å². The van der Waals surface area contributed by atoms with Crippen LogP contribution in [0.5, 0.6) is 0 Å². The van der Waals surface area contributed by atoms with Gasteiger partial charge in [-0.2, -0.15) is 0 Å². The predicted octanol–water partition coefficient (Wildman–Crippen LogP) is 1.27. The third-order valence-electron chi connectivity index (χ3n) is 3.37. The summed E-state index contributed by atoms with van der Waals surface area (Å²) >= 11 is 0. The Morgan fingerprint density at radius 2 is 1.89 bits per heavy atom. The maximum absolute atomic E-state index is 11.9. The Morgan fingerprint density at radius 1 is 1.32 bits per heavy atom. The molecule has 0 aromatic rings. The highest BCUT2D eigenvalue weighted by molar-refractivity contribution is 5.80. The minimum absolute atomic E-state index is 0.214. The van der Waals surface area contributed by atoms with Crippen molar-refractivity contribution in [2.45, 2.75) is 51.7 Å². The molecular weight excluding hydrogens is 244 g/mol. The van der Waals surface area contributed by atoms with Crippen LogP contribution in [0.1, 0.15) is 34.1 Å². The monoisotopic (exact) mass is 274 g/mol. The smallest absolute Gasteiger partial charge is 0.325 e. The first kappa shape index (κ1) is 18.4. The summed E-state index contributed by atoms with van der Waals surface area (Å²) in [6.45, 7) is 9.54. The molecule has 0 saturated heterocycles. The first-order chi connectivity index (χ1) is 8.76. The quantitative estimate of drug-likeness (QED) is 0.642. The van der Waals surface area contributed by atoms with E-state index in [1.165, 1.54) is 7.11 Å². The standard InChI is InChI=1S/C14H30N2O3/c1-11(2)15-14(4,13(17)19-7)8-9-16(5)12(3)10-18-6/h11-12,15H,8-10H2,1-7H3. The molecule has 1 N–H and O–H groups in total. The lowest BCUT2D eigenvalue weighted by Gasteiger charge is -2.33. The van der Waals surface area contributed by atoms with Crippen LogP contribution in [0.4, 0.5) is 0 Å². The van der Waals surface area contributed by atoms with Gasteiger partial charge in [-0.05, 0) is 41.2 Å². The van der Waals surface area contributed by atoms with Gasteiger partial charge in [-0.15, -0.1) is 0 Å². The molecule has 2 atom stereocenters. The topological polar surface area (TPSA) is 50.8 Å². The van der Waals surface area contributed by atoms with Gasteiger partial charge in [0.25, 0.3) is 0 Å². The zero-order valence-electron chi connectivity index (χ0n) is 13.4. The number of carbonyl (C=O) groups is 1. The predicted molar refractivity (Wildman–Crippen MR) is 77.3 cm³/mol. The van der Waals surface area contributed by atoms with Crippen molar-refractivity contribution in [1.82, 2.24) is 10.2 Å². The molecule has 5 nitrogen and oxygen atoms in total. The number of hydrogen-bond acceptors (Lipinski definition) is 5. The zero-order chi connectivity index (χ0) is 15.1. The maximum Gasteiger partial charge on any atom is 0.325 e. The van der Waals surface area contributed by atoms with Crippen LogP contribution >= 0.6 is 0 Å². The molecule has 0 aromatic carbocycles. The minimum Gasteiger partial charge on any atom is -0.468 e. The molecule has 0 saturated carbocycles. The average molecular weight is 274 g/mol. The van der Waals surface area contributed by atoms with Crippen LogP contribution in [0.3, 0.4) is 0 Å². The van der Waals surface area contributed by atoms with E-state index in [1.807, 2.05) is 27.8 Å². The van der Waals surface area contributed by atoms with Crippen LogP contribution in [-0.2, 0) is 14.3 Å². The van der Waals surface area contributed by atoms with Crippen molar-refractivity contribution < 1.29 is 14.3 Å². The molecule has 0 amide bonds. The summed E-state index contributed by atoms with van der Waals surface area (Å²) in [4.78, 5) is 14.1. The number of carbonyl (C=O) groups excluding carboxylic acids is 1. The summed E-state index contributed by atoms with van der Waals surface area (Å²) < 4.78 is 10.1. The summed E-state index contributed by atoms with van der Waals surface area (Å²) in [5.41, 5.74) is -0.649. The molecule has 0 fully saturated rings. The molecule has 0 rings (SSSR count). The van der Waals surface area contributed by atoms with E-state index >= 15 is 0 Å². The maximum atomic E-state index is 11.9. The SMILES string of the molecule is COCC(C)N(C)CCC(C)(NC(C)C)C(=O)OC. The molecule has 0 aliphatic carbocycles. The Labute approximate surface area is 117 Å². The Hall–Kier alpha value is -0.650. The summed E-state index contributed by atoms with van der Waals surface area (Å²) in [5, 5.41) is 3.30. The third-order valence-corrected chi connectivity index (χ3v) is 3.37. The van der Waals surface area contributed by atoms with Gasteiger partial charge < -0.3 is 14.4 Å². The van der Waals surface area contributed by atoms with Crippen LogP contribution in [0.15, 0.2) is 0 Å². The normalized spacial score (nSPS) is 16.5. The molecule has 0 aliphatic heterocycles. The summed E-state index contributed by atoms with van der Waals surface area (Å²) in [6.07, 6.45) is 0.697. The van der Waals surface area contributed by atoms with E-state index in [0.717, 1.165) is 6.54 Å².